The minimum atomic E-state index is -5.07. The van der Waals surface area contributed by atoms with Crippen molar-refractivity contribution in [1.29, 1.82) is 0 Å². The minimum Gasteiger partial charge on any atom is -0.457 e. The molecule has 4 N–H and O–H groups in total. The van der Waals surface area contributed by atoms with Crippen molar-refractivity contribution in [3.8, 4) is 0 Å². The van der Waals surface area contributed by atoms with E-state index >= 15 is 0 Å². The fourth-order valence-electron chi connectivity index (χ4n) is 5.70. The van der Waals surface area contributed by atoms with Crippen LogP contribution in [0.15, 0.2) is 72.9 Å². The first-order valence-electron chi connectivity index (χ1n) is 20.7. The van der Waals surface area contributed by atoms with Crippen molar-refractivity contribution in [2.24, 2.45) is 0 Å². The zero-order chi connectivity index (χ0) is 41.1. The van der Waals surface area contributed by atoms with Crippen LogP contribution in [0, 0.1) is 0 Å². The van der Waals surface area contributed by atoms with Crippen LogP contribution in [-0.2, 0) is 38.3 Å². The van der Waals surface area contributed by atoms with E-state index in [9.17, 15) is 28.5 Å². The molecule has 6 unspecified atom stereocenters. The number of allylic oxidation sites excluding steroid dienone is 12. The SMILES string of the molecule is CC/C=C\C/C=C\C/C=C\C/C=C\CCCCC(=O)OC(COCCCCCCCC/C=C\C/C=C\CCC)COC1OC(CO)C(O)C(OS(=O)(=O)O)C1O. The molecule has 6 atom stereocenters. The maximum atomic E-state index is 12.8. The average Bonchev–Trinajstić information content (AvgIpc) is 3.17. The molecule has 1 aliphatic rings. The van der Waals surface area contributed by atoms with E-state index in [1.807, 2.05) is 0 Å². The highest BCUT2D eigenvalue weighted by Crippen LogP contribution is 2.26. The van der Waals surface area contributed by atoms with Gasteiger partial charge in [-0.3, -0.25) is 9.35 Å². The summed E-state index contributed by atoms with van der Waals surface area (Å²) < 4.78 is 58.8. The predicted octanol–water partition coefficient (Wildman–Crippen LogP) is 7.96. The molecule has 0 aromatic heterocycles. The molecule has 1 rings (SSSR count). The fraction of sp³-hybridized carbons (Fsp3) is 0.698. The van der Waals surface area contributed by atoms with Gasteiger partial charge in [0.25, 0.3) is 0 Å². The van der Waals surface area contributed by atoms with Crippen LogP contribution in [-0.4, -0.2) is 97.5 Å². The largest absolute Gasteiger partial charge is 0.457 e. The van der Waals surface area contributed by atoms with Crippen molar-refractivity contribution in [2.45, 2.75) is 166 Å². The molecule has 1 fully saturated rings. The number of ether oxygens (including phenoxy) is 4. The predicted molar refractivity (Wildman–Crippen MR) is 220 cm³/mol. The van der Waals surface area contributed by atoms with Gasteiger partial charge >= 0.3 is 16.4 Å². The Kier molecular flexibility index (Phi) is 31.8. The highest BCUT2D eigenvalue weighted by atomic mass is 32.3. The minimum absolute atomic E-state index is 0.00742. The van der Waals surface area contributed by atoms with Crippen LogP contribution >= 0.6 is 0 Å². The summed E-state index contributed by atoms with van der Waals surface area (Å²) in [6, 6.07) is 0. The van der Waals surface area contributed by atoms with Crippen molar-refractivity contribution < 1.29 is 56.2 Å². The van der Waals surface area contributed by atoms with Gasteiger partial charge in [-0.2, -0.15) is 8.42 Å². The summed E-state index contributed by atoms with van der Waals surface area (Å²) in [4.78, 5) is 12.8. The molecule has 0 saturated carbocycles. The number of esters is 1. The summed E-state index contributed by atoms with van der Waals surface area (Å²) in [6.45, 7) is 3.70. The molecule has 1 heterocycles. The van der Waals surface area contributed by atoms with E-state index in [-0.39, 0.29) is 19.6 Å². The van der Waals surface area contributed by atoms with Crippen LogP contribution in [0.5, 0.6) is 0 Å². The van der Waals surface area contributed by atoms with E-state index in [0.717, 1.165) is 83.5 Å². The lowest BCUT2D eigenvalue weighted by Gasteiger charge is -2.41. The van der Waals surface area contributed by atoms with Gasteiger partial charge in [0.1, 0.15) is 30.5 Å². The van der Waals surface area contributed by atoms with E-state index in [4.69, 9.17) is 23.5 Å². The lowest BCUT2D eigenvalue weighted by molar-refractivity contribution is -0.301. The molecule has 56 heavy (non-hydrogen) atoms. The summed E-state index contributed by atoms with van der Waals surface area (Å²) >= 11 is 0. The number of carbonyl (C=O) groups is 1. The normalized spacial score (nSPS) is 21.6. The third-order valence-electron chi connectivity index (χ3n) is 8.79. The summed E-state index contributed by atoms with van der Waals surface area (Å²) in [5, 5.41) is 30.6. The van der Waals surface area contributed by atoms with Gasteiger partial charge in [0.15, 0.2) is 6.29 Å². The zero-order valence-electron chi connectivity index (χ0n) is 33.9. The topological polar surface area (TPSA) is 178 Å². The Balaban J connectivity index is 2.53. The van der Waals surface area contributed by atoms with E-state index in [1.165, 1.54) is 19.3 Å². The second kappa shape index (κ2) is 34.6. The standard InChI is InChI=1S/C43H72O12S/c1-3-5-7-9-11-13-15-17-19-20-22-24-26-28-30-32-39(45)53-37(35-51-33-31-29-27-25-23-21-18-16-14-12-10-8-6-4-2)36-52-43-41(47)42(55-56(48,49)50)40(46)38(34-44)54-43/h5,7-8,10-11,13-14,16-17,19,22,24,37-38,40-44,46-47H,3-4,6,9,12,15,18,20-21,23,25-36H2,1-2H3,(H,48,49,50)/b7-5-,10-8-,13-11-,16-14-,19-17-,24-22-. The molecule has 0 aromatic rings. The van der Waals surface area contributed by atoms with Gasteiger partial charge in [-0.25, -0.2) is 4.18 Å². The highest BCUT2D eigenvalue weighted by molar-refractivity contribution is 7.80. The maximum Gasteiger partial charge on any atom is 0.397 e. The molecule has 0 radical (unpaired) electrons. The molecule has 0 aromatic carbocycles. The Hall–Kier alpha value is -2.46. The third-order valence-corrected chi connectivity index (χ3v) is 9.26. The summed E-state index contributed by atoms with van der Waals surface area (Å²) in [6.07, 6.45) is 33.7. The van der Waals surface area contributed by atoms with E-state index in [1.54, 1.807) is 0 Å². The maximum absolute atomic E-state index is 12.8. The Morgan fingerprint density at radius 1 is 0.696 bits per heavy atom. The number of carbonyl (C=O) groups excluding carboxylic acids is 1. The molecular formula is C43H72O12S. The smallest absolute Gasteiger partial charge is 0.397 e. The second-order valence-corrected chi connectivity index (χ2v) is 14.9. The van der Waals surface area contributed by atoms with Crippen molar-refractivity contribution in [1.82, 2.24) is 0 Å². The molecule has 1 aliphatic heterocycles. The Morgan fingerprint density at radius 2 is 1.23 bits per heavy atom. The number of unbranched alkanes of at least 4 members (excludes halogenated alkanes) is 9. The van der Waals surface area contributed by atoms with E-state index in [2.05, 4.69) is 90.9 Å². The van der Waals surface area contributed by atoms with Crippen LogP contribution < -0.4 is 0 Å². The zero-order valence-corrected chi connectivity index (χ0v) is 34.7. The van der Waals surface area contributed by atoms with Crippen molar-refractivity contribution in [3.05, 3.63) is 72.9 Å². The monoisotopic (exact) mass is 812 g/mol. The molecule has 13 heteroatoms. The third kappa shape index (κ3) is 28.0. The number of hydrogen-bond donors (Lipinski definition) is 4. The number of aliphatic hydroxyl groups is 3. The van der Waals surface area contributed by atoms with Crippen LogP contribution in [0.2, 0.25) is 0 Å². The van der Waals surface area contributed by atoms with E-state index < -0.39 is 59.8 Å². The fourth-order valence-corrected chi connectivity index (χ4v) is 6.21. The van der Waals surface area contributed by atoms with Crippen molar-refractivity contribution >= 4 is 16.4 Å². The second-order valence-electron chi connectivity index (χ2n) is 13.8. The Labute approximate surface area is 337 Å². The first kappa shape index (κ1) is 51.6. The van der Waals surface area contributed by atoms with Gasteiger partial charge in [-0.1, -0.05) is 119 Å². The average molecular weight is 813 g/mol. The quantitative estimate of drug-likeness (QED) is 0.0214. The molecular weight excluding hydrogens is 741 g/mol. The lowest BCUT2D eigenvalue weighted by atomic mass is 9.99. The van der Waals surface area contributed by atoms with Gasteiger partial charge in [-0.15, -0.1) is 0 Å². The molecule has 0 spiro atoms. The molecule has 0 aliphatic carbocycles. The molecule has 0 bridgehead atoms. The van der Waals surface area contributed by atoms with Crippen LogP contribution in [0.1, 0.15) is 129 Å². The molecule has 1 saturated heterocycles. The van der Waals surface area contributed by atoms with Gasteiger partial charge in [0.05, 0.1) is 19.8 Å². The van der Waals surface area contributed by atoms with Gasteiger partial charge in [0.2, 0.25) is 0 Å². The highest BCUT2D eigenvalue weighted by Gasteiger charge is 2.48. The summed E-state index contributed by atoms with van der Waals surface area (Å²) in [5.74, 6) is -0.448. The Bertz CT molecular complexity index is 1260. The van der Waals surface area contributed by atoms with Crippen molar-refractivity contribution in [3.63, 3.8) is 0 Å². The first-order valence-corrected chi connectivity index (χ1v) is 22.1. The number of rotatable bonds is 34. The van der Waals surface area contributed by atoms with Gasteiger partial charge in [-0.05, 0) is 77.0 Å². The van der Waals surface area contributed by atoms with Crippen LogP contribution in [0.25, 0.3) is 0 Å². The van der Waals surface area contributed by atoms with Crippen LogP contribution in [0.4, 0.5) is 0 Å². The van der Waals surface area contributed by atoms with Gasteiger partial charge < -0.3 is 34.3 Å². The number of aliphatic hydroxyl groups excluding tert-OH is 3. The first-order chi connectivity index (χ1) is 27.1. The Morgan fingerprint density at radius 3 is 1.80 bits per heavy atom. The van der Waals surface area contributed by atoms with E-state index in [0.29, 0.717) is 13.0 Å². The summed E-state index contributed by atoms with van der Waals surface area (Å²) in [7, 11) is -5.07. The molecule has 12 nitrogen and oxygen atoms in total. The van der Waals surface area contributed by atoms with Gasteiger partial charge in [0, 0.05) is 13.0 Å². The number of hydrogen-bond acceptors (Lipinski definition) is 11. The van der Waals surface area contributed by atoms with Crippen molar-refractivity contribution in [2.75, 3.05) is 26.4 Å². The lowest BCUT2D eigenvalue weighted by Crippen LogP contribution is -2.60. The molecule has 0 amide bonds. The summed E-state index contributed by atoms with van der Waals surface area (Å²) in [5.41, 5.74) is 0. The van der Waals surface area contributed by atoms with Crippen LogP contribution in [0.3, 0.4) is 0 Å². The molecule has 322 valence electrons.